The van der Waals surface area contributed by atoms with Crippen LogP contribution >= 0.6 is 23.4 Å². The Kier molecular flexibility index (Phi) is 7.97. The van der Waals surface area contributed by atoms with Crippen molar-refractivity contribution >= 4 is 35.1 Å². The quantitative estimate of drug-likeness (QED) is 0.280. The van der Waals surface area contributed by atoms with Crippen LogP contribution in [0.15, 0.2) is 66.3 Å². The minimum Gasteiger partial charge on any atom is -0.352 e. The summed E-state index contributed by atoms with van der Waals surface area (Å²) in [5.74, 6) is 0.102. The van der Waals surface area contributed by atoms with Gasteiger partial charge in [-0.3, -0.25) is 9.59 Å². The number of rotatable bonds is 10. The zero-order chi connectivity index (χ0) is 22.2. The topological polar surface area (TPSA) is 76.9 Å². The van der Waals surface area contributed by atoms with E-state index in [0.29, 0.717) is 46.6 Å². The third kappa shape index (κ3) is 6.26. The predicted octanol–water partition coefficient (Wildman–Crippen LogP) is 4.20. The zero-order valence-corrected chi connectivity index (χ0v) is 18.1. The van der Waals surface area contributed by atoms with Crippen molar-refractivity contribution in [3.05, 3.63) is 89.0 Å². The number of nitrogens with one attached hydrogen (secondary N) is 1. The van der Waals surface area contributed by atoms with Crippen molar-refractivity contribution < 1.29 is 14.0 Å². The predicted molar refractivity (Wildman–Crippen MR) is 119 cm³/mol. The minimum absolute atomic E-state index is 0.130. The lowest BCUT2D eigenvalue weighted by Crippen LogP contribution is -2.26. The first kappa shape index (κ1) is 22.7. The molecule has 0 aliphatic rings. The summed E-state index contributed by atoms with van der Waals surface area (Å²) in [6.07, 6.45) is 2.18. The van der Waals surface area contributed by atoms with Crippen LogP contribution in [0.2, 0.25) is 5.02 Å². The van der Waals surface area contributed by atoms with E-state index in [1.807, 2.05) is 4.57 Å². The number of hydrogen-bond acceptors (Lipinski definition) is 5. The fourth-order valence-corrected chi connectivity index (χ4v) is 3.75. The highest BCUT2D eigenvalue weighted by Gasteiger charge is 2.15. The third-order valence-electron chi connectivity index (χ3n) is 4.34. The van der Waals surface area contributed by atoms with Crippen molar-refractivity contribution in [1.29, 1.82) is 0 Å². The lowest BCUT2D eigenvalue weighted by molar-refractivity contribution is 0.0953. The van der Waals surface area contributed by atoms with Gasteiger partial charge in [0, 0.05) is 35.7 Å². The summed E-state index contributed by atoms with van der Waals surface area (Å²) in [5.41, 5.74) is 0.960. The van der Waals surface area contributed by atoms with E-state index in [1.165, 1.54) is 36.0 Å². The van der Waals surface area contributed by atoms with Gasteiger partial charge in [0.05, 0.1) is 5.75 Å². The van der Waals surface area contributed by atoms with Gasteiger partial charge in [0.1, 0.15) is 11.6 Å². The smallest absolute Gasteiger partial charge is 0.251 e. The lowest BCUT2D eigenvalue weighted by atomic mass is 10.1. The van der Waals surface area contributed by atoms with E-state index < -0.39 is 0 Å². The Hall–Kier alpha value is -2.97. The van der Waals surface area contributed by atoms with Crippen molar-refractivity contribution in [2.24, 2.45) is 0 Å². The Balaban J connectivity index is 1.58. The van der Waals surface area contributed by atoms with E-state index >= 15 is 0 Å². The number of nitrogens with zero attached hydrogens (tertiary/aromatic N) is 3. The van der Waals surface area contributed by atoms with Crippen LogP contribution in [0.3, 0.4) is 0 Å². The molecule has 3 rings (SSSR count). The van der Waals surface area contributed by atoms with Crippen LogP contribution in [0.25, 0.3) is 0 Å². The molecule has 1 N–H and O–H groups in total. The molecular formula is C22H20ClFN4O2S. The van der Waals surface area contributed by atoms with Crippen LogP contribution < -0.4 is 5.32 Å². The fraction of sp³-hybridized carbons (Fsp3) is 0.182. The van der Waals surface area contributed by atoms with Crippen molar-refractivity contribution in [3.8, 4) is 0 Å². The molecule has 0 saturated carbocycles. The Morgan fingerprint density at radius 1 is 1.10 bits per heavy atom. The highest BCUT2D eigenvalue weighted by Crippen LogP contribution is 2.19. The van der Waals surface area contributed by atoms with Gasteiger partial charge in [-0.1, -0.05) is 29.4 Å². The van der Waals surface area contributed by atoms with Crippen LogP contribution in [-0.2, 0) is 13.0 Å². The van der Waals surface area contributed by atoms with Crippen LogP contribution in [-0.4, -0.2) is 38.8 Å². The van der Waals surface area contributed by atoms with E-state index in [1.54, 1.807) is 30.3 Å². The number of carbonyl (C=O) groups excluding carboxylic acids is 2. The molecule has 0 bridgehead atoms. The lowest BCUT2D eigenvalue weighted by Gasteiger charge is -2.08. The van der Waals surface area contributed by atoms with Gasteiger partial charge in [-0.15, -0.1) is 16.8 Å². The minimum atomic E-state index is -0.386. The van der Waals surface area contributed by atoms with Gasteiger partial charge in [0.15, 0.2) is 10.9 Å². The second kappa shape index (κ2) is 10.9. The van der Waals surface area contributed by atoms with Crippen molar-refractivity contribution in [2.45, 2.75) is 18.1 Å². The molecule has 1 aromatic heterocycles. The molecule has 3 aromatic rings. The van der Waals surface area contributed by atoms with Crippen molar-refractivity contribution in [2.75, 3.05) is 12.3 Å². The molecule has 9 heteroatoms. The van der Waals surface area contributed by atoms with Gasteiger partial charge in [0.2, 0.25) is 0 Å². The molecule has 0 fully saturated rings. The first-order chi connectivity index (χ1) is 15.0. The molecule has 1 amide bonds. The second-order valence-corrected chi connectivity index (χ2v) is 7.91. The molecule has 6 nitrogen and oxygen atoms in total. The van der Waals surface area contributed by atoms with Gasteiger partial charge >= 0.3 is 0 Å². The van der Waals surface area contributed by atoms with E-state index in [-0.39, 0.29) is 23.3 Å². The molecule has 0 unspecified atom stereocenters. The maximum absolute atomic E-state index is 13.0. The number of halogens is 2. The summed E-state index contributed by atoms with van der Waals surface area (Å²) in [7, 11) is 0. The second-order valence-electron chi connectivity index (χ2n) is 6.53. The molecule has 1 heterocycles. The summed E-state index contributed by atoms with van der Waals surface area (Å²) >= 11 is 7.09. The molecule has 0 atom stereocenters. The highest BCUT2D eigenvalue weighted by atomic mass is 35.5. The van der Waals surface area contributed by atoms with Gasteiger partial charge < -0.3 is 9.88 Å². The van der Waals surface area contributed by atoms with Gasteiger partial charge in [-0.05, 0) is 48.5 Å². The van der Waals surface area contributed by atoms with Crippen LogP contribution in [0.5, 0.6) is 0 Å². The molecule has 0 aliphatic carbocycles. The SMILES string of the molecule is C=CCn1c(CCNC(=O)c2ccc(Cl)cc2)nnc1SCC(=O)c1ccc(F)cc1. The number of allylic oxidation sites excluding steroid dienone is 1. The number of aromatic nitrogens is 3. The standard InChI is InChI=1S/C22H20ClFN4O2S/c1-2-13-28-20(11-12-25-21(30)16-3-7-17(23)8-4-16)26-27-22(28)31-14-19(29)15-5-9-18(24)10-6-15/h2-10H,1,11-14H2,(H,25,30). The number of amides is 1. The molecule has 0 spiro atoms. The number of thioether (sulfide) groups is 1. The average Bonchev–Trinajstić information content (AvgIpc) is 3.14. The molecule has 160 valence electrons. The number of carbonyl (C=O) groups is 2. The number of ketones is 1. The van der Waals surface area contributed by atoms with Crippen molar-refractivity contribution in [3.63, 3.8) is 0 Å². The zero-order valence-electron chi connectivity index (χ0n) is 16.6. The highest BCUT2D eigenvalue weighted by molar-refractivity contribution is 7.99. The van der Waals surface area contributed by atoms with E-state index in [2.05, 4.69) is 22.1 Å². The normalized spacial score (nSPS) is 10.6. The van der Waals surface area contributed by atoms with Crippen LogP contribution in [0.1, 0.15) is 26.5 Å². The monoisotopic (exact) mass is 458 g/mol. The summed E-state index contributed by atoms with van der Waals surface area (Å²) in [6.45, 7) is 4.60. The van der Waals surface area contributed by atoms with E-state index in [4.69, 9.17) is 11.6 Å². The Bertz CT molecular complexity index is 1070. The number of Topliss-reactive ketones (excluding diaryl/α,β-unsaturated/α-hetero) is 1. The average molecular weight is 459 g/mol. The van der Waals surface area contributed by atoms with Gasteiger partial charge in [-0.25, -0.2) is 4.39 Å². The third-order valence-corrected chi connectivity index (χ3v) is 5.56. The van der Waals surface area contributed by atoms with E-state index in [9.17, 15) is 14.0 Å². The summed E-state index contributed by atoms with van der Waals surface area (Å²) in [4.78, 5) is 24.5. The van der Waals surface area contributed by atoms with Gasteiger partial charge in [0.25, 0.3) is 5.91 Å². The molecule has 0 saturated heterocycles. The molecular weight excluding hydrogens is 439 g/mol. The van der Waals surface area contributed by atoms with Crippen LogP contribution in [0, 0.1) is 5.82 Å². The molecule has 31 heavy (non-hydrogen) atoms. The fourth-order valence-electron chi connectivity index (χ4n) is 2.76. The largest absolute Gasteiger partial charge is 0.352 e. The molecule has 2 aromatic carbocycles. The van der Waals surface area contributed by atoms with Crippen molar-refractivity contribution in [1.82, 2.24) is 20.1 Å². The molecule has 0 radical (unpaired) electrons. The van der Waals surface area contributed by atoms with E-state index in [0.717, 1.165) is 0 Å². The van der Waals surface area contributed by atoms with Crippen LogP contribution in [0.4, 0.5) is 4.39 Å². The maximum Gasteiger partial charge on any atom is 0.251 e. The van der Waals surface area contributed by atoms with Gasteiger partial charge in [-0.2, -0.15) is 0 Å². The number of hydrogen-bond donors (Lipinski definition) is 1. The Morgan fingerprint density at radius 2 is 1.77 bits per heavy atom. The molecule has 0 aliphatic heterocycles. The Labute approximate surface area is 188 Å². The summed E-state index contributed by atoms with van der Waals surface area (Å²) in [6, 6.07) is 12.1. The Morgan fingerprint density at radius 3 is 2.45 bits per heavy atom. The maximum atomic E-state index is 13.0. The summed E-state index contributed by atoms with van der Waals surface area (Å²) in [5, 5.41) is 12.3. The first-order valence-corrected chi connectivity index (χ1v) is 10.8. The number of benzene rings is 2. The summed E-state index contributed by atoms with van der Waals surface area (Å²) < 4.78 is 14.9. The first-order valence-electron chi connectivity index (χ1n) is 9.46.